The highest BCUT2D eigenvalue weighted by molar-refractivity contribution is 6.30. The first-order valence-corrected chi connectivity index (χ1v) is 10.5. The number of anilines is 1. The van der Waals surface area contributed by atoms with Crippen LogP contribution in [0.3, 0.4) is 0 Å². The number of hydrogen-bond acceptors (Lipinski definition) is 6. The molecule has 0 aliphatic heterocycles. The first-order chi connectivity index (χ1) is 16.4. The number of ether oxygens (including phenoxy) is 3. The molecule has 0 atom stereocenters. The van der Waals surface area contributed by atoms with Gasteiger partial charge in [-0.15, -0.1) is 0 Å². The fraction of sp³-hybridized carbons (Fsp3) is 0.115. The van der Waals surface area contributed by atoms with Gasteiger partial charge in [0, 0.05) is 5.02 Å². The van der Waals surface area contributed by atoms with E-state index >= 15 is 0 Å². The first kappa shape index (κ1) is 24.4. The highest BCUT2D eigenvalue weighted by atomic mass is 35.5. The van der Waals surface area contributed by atoms with Gasteiger partial charge >= 0.3 is 5.97 Å². The predicted molar refractivity (Wildman–Crippen MR) is 129 cm³/mol. The van der Waals surface area contributed by atoms with Crippen LogP contribution in [0.15, 0.2) is 72.3 Å². The predicted octanol–water partition coefficient (Wildman–Crippen LogP) is 5.26. The number of halogens is 1. The molecule has 3 aromatic carbocycles. The monoisotopic (exact) mass is 476 g/mol. The van der Waals surface area contributed by atoms with Crippen LogP contribution in [0.25, 0.3) is 6.08 Å². The molecule has 7 nitrogen and oxygen atoms in total. The van der Waals surface area contributed by atoms with Crippen LogP contribution < -0.4 is 14.8 Å². The van der Waals surface area contributed by atoms with Gasteiger partial charge in [0.05, 0.1) is 25.5 Å². The van der Waals surface area contributed by atoms with E-state index in [0.29, 0.717) is 28.7 Å². The molecule has 34 heavy (non-hydrogen) atoms. The lowest BCUT2D eigenvalue weighted by Gasteiger charge is -2.12. The molecule has 1 N–H and O–H groups in total. The SMILES string of the molecule is COC(=O)c1ccccc1NC(=O)/C(C#N)=C/c1ccc(OCc2ccc(Cl)cc2)c(OC)c1. The van der Waals surface area contributed by atoms with Gasteiger partial charge in [0.1, 0.15) is 18.2 Å². The number of hydrogen-bond donors (Lipinski definition) is 1. The summed E-state index contributed by atoms with van der Waals surface area (Å²) in [6, 6.07) is 20.6. The van der Waals surface area contributed by atoms with Crippen molar-refractivity contribution in [3.63, 3.8) is 0 Å². The van der Waals surface area contributed by atoms with Gasteiger partial charge in [-0.25, -0.2) is 4.79 Å². The Balaban J connectivity index is 1.78. The minimum absolute atomic E-state index is 0.156. The van der Waals surface area contributed by atoms with E-state index < -0.39 is 11.9 Å². The highest BCUT2D eigenvalue weighted by Gasteiger charge is 2.16. The van der Waals surface area contributed by atoms with Crippen LogP contribution in [-0.2, 0) is 16.1 Å². The topological polar surface area (TPSA) is 97.7 Å². The molecule has 0 bridgehead atoms. The molecule has 0 aliphatic carbocycles. The van der Waals surface area contributed by atoms with E-state index in [4.69, 9.17) is 25.8 Å². The Labute approximate surface area is 202 Å². The number of para-hydroxylation sites is 1. The second-order valence-corrected chi connectivity index (χ2v) is 7.42. The van der Waals surface area contributed by atoms with Crippen molar-refractivity contribution in [2.24, 2.45) is 0 Å². The highest BCUT2D eigenvalue weighted by Crippen LogP contribution is 2.30. The van der Waals surface area contributed by atoms with Gasteiger partial charge in [-0.3, -0.25) is 4.79 Å². The normalized spacial score (nSPS) is 10.7. The zero-order valence-electron chi connectivity index (χ0n) is 18.5. The fourth-order valence-corrected chi connectivity index (χ4v) is 3.15. The van der Waals surface area contributed by atoms with Crippen molar-refractivity contribution in [3.8, 4) is 17.6 Å². The maximum atomic E-state index is 12.7. The van der Waals surface area contributed by atoms with E-state index in [0.717, 1.165) is 5.56 Å². The molecule has 8 heteroatoms. The third kappa shape index (κ3) is 6.15. The van der Waals surface area contributed by atoms with Gasteiger partial charge in [-0.2, -0.15) is 5.26 Å². The molecule has 3 aromatic rings. The van der Waals surface area contributed by atoms with Crippen LogP contribution in [0.4, 0.5) is 5.69 Å². The summed E-state index contributed by atoms with van der Waals surface area (Å²) in [6.45, 7) is 0.314. The minimum atomic E-state index is -0.666. The summed E-state index contributed by atoms with van der Waals surface area (Å²) in [5.74, 6) is -0.320. The molecule has 0 aliphatic rings. The number of nitriles is 1. The number of methoxy groups -OCH3 is 2. The second kappa shape index (κ2) is 11.5. The van der Waals surface area contributed by atoms with Crippen LogP contribution in [0.5, 0.6) is 11.5 Å². The lowest BCUT2D eigenvalue weighted by Crippen LogP contribution is -2.16. The third-order valence-corrected chi connectivity index (χ3v) is 5.00. The molecule has 0 saturated heterocycles. The zero-order chi connectivity index (χ0) is 24.5. The average Bonchev–Trinajstić information content (AvgIpc) is 2.87. The summed E-state index contributed by atoms with van der Waals surface area (Å²) in [5.41, 5.74) is 1.76. The maximum absolute atomic E-state index is 12.7. The summed E-state index contributed by atoms with van der Waals surface area (Å²) in [4.78, 5) is 24.6. The standard InChI is InChI=1S/C26H21ClN2O5/c1-32-24-14-18(9-12-23(24)34-16-17-7-10-20(27)11-8-17)13-19(15-28)25(30)29-22-6-4-3-5-21(22)26(31)33-2/h3-14H,16H2,1-2H3,(H,29,30)/b19-13+. The molecule has 0 fully saturated rings. The molecule has 0 spiro atoms. The number of nitrogens with one attached hydrogen (secondary N) is 1. The molecule has 3 rings (SSSR count). The van der Waals surface area contributed by atoms with E-state index in [1.54, 1.807) is 48.5 Å². The Morgan fingerprint density at radius 1 is 1.03 bits per heavy atom. The van der Waals surface area contributed by atoms with Crippen molar-refractivity contribution in [1.29, 1.82) is 5.26 Å². The van der Waals surface area contributed by atoms with Crippen molar-refractivity contribution in [2.45, 2.75) is 6.61 Å². The summed E-state index contributed by atoms with van der Waals surface area (Å²) >= 11 is 5.90. The van der Waals surface area contributed by atoms with E-state index in [1.165, 1.54) is 26.4 Å². The molecular formula is C26H21ClN2O5. The number of esters is 1. The smallest absolute Gasteiger partial charge is 0.339 e. The lowest BCUT2D eigenvalue weighted by molar-refractivity contribution is -0.112. The summed E-state index contributed by atoms with van der Waals surface area (Å²) < 4.78 is 16.0. The van der Waals surface area contributed by atoms with Gasteiger partial charge in [0.2, 0.25) is 0 Å². The number of rotatable bonds is 8. The number of benzene rings is 3. The van der Waals surface area contributed by atoms with Gasteiger partial charge in [-0.1, -0.05) is 41.9 Å². The van der Waals surface area contributed by atoms with E-state index in [1.807, 2.05) is 18.2 Å². The largest absolute Gasteiger partial charge is 0.493 e. The summed E-state index contributed by atoms with van der Waals surface area (Å²) in [5, 5.41) is 12.8. The van der Waals surface area contributed by atoms with Crippen LogP contribution in [0, 0.1) is 11.3 Å². The van der Waals surface area contributed by atoms with Gasteiger partial charge in [0.25, 0.3) is 5.91 Å². The van der Waals surface area contributed by atoms with Crippen LogP contribution in [0.1, 0.15) is 21.5 Å². The third-order valence-electron chi connectivity index (χ3n) is 4.75. The Kier molecular flexibility index (Phi) is 8.27. The zero-order valence-corrected chi connectivity index (χ0v) is 19.3. The molecule has 0 radical (unpaired) electrons. The quantitative estimate of drug-likeness (QED) is 0.270. The van der Waals surface area contributed by atoms with Crippen molar-refractivity contribution in [1.82, 2.24) is 0 Å². The molecule has 0 unspecified atom stereocenters. The van der Waals surface area contributed by atoms with Crippen molar-refractivity contribution in [3.05, 3.63) is 94.0 Å². The van der Waals surface area contributed by atoms with Crippen LogP contribution in [-0.4, -0.2) is 26.1 Å². The maximum Gasteiger partial charge on any atom is 0.339 e. The summed E-state index contributed by atoms with van der Waals surface area (Å²) in [7, 11) is 2.75. The van der Waals surface area contributed by atoms with Crippen LogP contribution in [0.2, 0.25) is 5.02 Å². The Bertz CT molecular complexity index is 1260. The van der Waals surface area contributed by atoms with Crippen molar-refractivity contribution < 1.29 is 23.8 Å². The number of carbonyl (C=O) groups is 2. The number of carbonyl (C=O) groups excluding carboxylic acids is 2. The molecule has 0 saturated carbocycles. The number of amides is 1. The molecular weight excluding hydrogens is 456 g/mol. The average molecular weight is 477 g/mol. The fourth-order valence-electron chi connectivity index (χ4n) is 3.02. The van der Waals surface area contributed by atoms with E-state index in [2.05, 4.69) is 5.32 Å². The Morgan fingerprint density at radius 3 is 2.44 bits per heavy atom. The van der Waals surface area contributed by atoms with Gasteiger partial charge in [-0.05, 0) is 53.6 Å². The lowest BCUT2D eigenvalue weighted by atomic mass is 10.1. The van der Waals surface area contributed by atoms with Crippen molar-refractivity contribution >= 4 is 35.2 Å². The first-order valence-electron chi connectivity index (χ1n) is 10.1. The van der Waals surface area contributed by atoms with Crippen LogP contribution >= 0.6 is 11.6 Å². The molecule has 1 amide bonds. The number of nitrogens with zero attached hydrogens (tertiary/aromatic N) is 1. The Morgan fingerprint density at radius 2 is 1.76 bits per heavy atom. The van der Waals surface area contributed by atoms with E-state index in [-0.39, 0.29) is 16.8 Å². The molecule has 172 valence electrons. The van der Waals surface area contributed by atoms with Gasteiger partial charge in [0.15, 0.2) is 11.5 Å². The van der Waals surface area contributed by atoms with E-state index in [9.17, 15) is 14.9 Å². The van der Waals surface area contributed by atoms with Gasteiger partial charge < -0.3 is 19.5 Å². The Hall–Kier alpha value is -4.28. The molecule has 0 heterocycles. The molecule has 0 aromatic heterocycles. The minimum Gasteiger partial charge on any atom is -0.493 e. The second-order valence-electron chi connectivity index (χ2n) is 6.99. The van der Waals surface area contributed by atoms with Crippen molar-refractivity contribution in [2.75, 3.05) is 19.5 Å². The summed E-state index contributed by atoms with van der Waals surface area (Å²) in [6.07, 6.45) is 1.42.